The lowest BCUT2D eigenvalue weighted by Crippen LogP contribution is -2.49. The molecule has 0 radical (unpaired) electrons. The second-order valence-electron chi connectivity index (χ2n) is 6.62. The minimum atomic E-state index is 0.0307. The molecule has 7 heteroatoms. The highest BCUT2D eigenvalue weighted by molar-refractivity contribution is 5.95. The molecular weight excluding hydrogens is 342 g/mol. The Morgan fingerprint density at radius 3 is 2.33 bits per heavy atom. The number of carbonyl (C=O) groups is 1. The van der Waals surface area contributed by atoms with E-state index in [-0.39, 0.29) is 5.91 Å². The van der Waals surface area contributed by atoms with Crippen molar-refractivity contribution in [1.82, 2.24) is 20.1 Å². The lowest BCUT2D eigenvalue weighted by Gasteiger charge is -2.35. The predicted molar refractivity (Wildman–Crippen MR) is 102 cm³/mol. The van der Waals surface area contributed by atoms with Crippen molar-refractivity contribution in [2.45, 2.75) is 13.8 Å². The molecular formula is C20H21N5O2. The number of carbonyl (C=O) groups excluding carboxylic acids is 1. The van der Waals surface area contributed by atoms with Gasteiger partial charge in [0.15, 0.2) is 5.82 Å². The normalized spacial score (nSPS) is 14.4. The van der Waals surface area contributed by atoms with Crippen molar-refractivity contribution in [2.24, 2.45) is 0 Å². The van der Waals surface area contributed by atoms with Crippen LogP contribution < -0.4 is 4.90 Å². The van der Waals surface area contributed by atoms with Crippen LogP contribution >= 0.6 is 0 Å². The highest BCUT2D eigenvalue weighted by atomic mass is 16.3. The minimum Gasteiger partial charge on any atom is -0.466 e. The summed E-state index contributed by atoms with van der Waals surface area (Å²) in [6.07, 6.45) is 3.48. The molecule has 0 bridgehead atoms. The summed E-state index contributed by atoms with van der Waals surface area (Å²) in [4.78, 5) is 20.7. The van der Waals surface area contributed by atoms with Crippen molar-refractivity contribution in [2.75, 3.05) is 31.1 Å². The highest BCUT2D eigenvalue weighted by Crippen LogP contribution is 2.20. The van der Waals surface area contributed by atoms with E-state index in [9.17, 15) is 4.79 Å². The Balaban J connectivity index is 1.40. The Bertz CT molecular complexity index is 929. The Hall–Kier alpha value is -3.22. The van der Waals surface area contributed by atoms with Gasteiger partial charge in [-0.2, -0.15) is 0 Å². The van der Waals surface area contributed by atoms with Crippen LogP contribution in [0.3, 0.4) is 0 Å². The van der Waals surface area contributed by atoms with Gasteiger partial charge in [-0.1, -0.05) is 0 Å². The fraction of sp³-hybridized carbons (Fsp3) is 0.300. The Kier molecular flexibility index (Phi) is 4.58. The van der Waals surface area contributed by atoms with Gasteiger partial charge in [0.05, 0.1) is 11.3 Å². The lowest BCUT2D eigenvalue weighted by molar-refractivity contribution is 0.0744. The summed E-state index contributed by atoms with van der Waals surface area (Å²) in [6, 6.07) is 9.57. The third kappa shape index (κ3) is 3.53. The molecule has 0 saturated carbocycles. The smallest absolute Gasteiger partial charge is 0.257 e. The highest BCUT2D eigenvalue weighted by Gasteiger charge is 2.25. The Morgan fingerprint density at radius 2 is 1.74 bits per heavy atom. The van der Waals surface area contributed by atoms with Crippen molar-refractivity contribution in [1.29, 1.82) is 0 Å². The summed E-state index contributed by atoms with van der Waals surface area (Å²) >= 11 is 0. The van der Waals surface area contributed by atoms with Gasteiger partial charge in [-0.05, 0) is 44.2 Å². The van der Waals surface area contributed by atoms with Crippen molar-refractivity contribution >= 4 is 11.7 Å². The second-order valence-corrected chi connectivity index (χ2v) is 6.62. The van der Waals surface area contributed by atoms with Gasteiger partial charge in [0.1, 0.15) is 11.5 Å². The predicted octanol–water partition coefficient (Wildman–Crippen LogP) is 2.71. The van der Waals surface area contributed by atoms with Crippen LogP contribution in [-0.2, 0) is 0 Å². The van der Waals surface area contributed by atoms with E-state index < -0.39 is 0 Å². The van der Waals surface area contributed by atoms with Crippen LogP contribution in [-0.4, -0.2) is 52.2 Å². The van der Waals surface area contributed by atoms with Gasteiger partial charge in [0.25, 0.3) is 5.91 Å². The average molecular weight is 363 g/mol. The van der Waals surface area contributed by atoms with E-state index in [4.69, 9.17) is 4.42 Å². The zero-order valence-corrected chi connectivity index (χ0v) is 15.4. The van der Waals surface area contributed by atoms with E-state index in [2.05, 4.69) is 20.1 Å². The van der Waals surface area contributed by atoms with Crippen molar-refractivity contribution in [3.05, 3.63) is 59.8 Å². The quantitative estimate of drug-likeness (QED) is 0.712. The van der Waals surface area contributed by atoms with Gasteiger partial charge in [-0.3, -0.25) is 9.78 Å². The summed E-state index contributed by atoms with van der Waals surface area (Å²) in [5.41, 5.74) is 2.47. The van der Waals surface area contributed by atoms with Gasteiger partial charge in [0.2, 0.25) is 0 Å². The molecule has 3 aromatic rings. The van der Waals surface area contributed by atoms with Crippen LogP contribution in [0.15, 0.2) is 47.1 Å². The molecule has 0 spiro atoms. The number of nitrogens with zero attached hydrogens (tertiary/aromatic N) is 5. The van der Waals surface area contributed by atoms with Crippen LogP contribution in [0.25, 0.3) is 11.3 Å². The zero-order chi connectivity index (χ0) is 18.8. The first-order chi connectivity index (χ1) is 13.1. The SMILES string of the molecule is Cc1cc(C(=O)N2CCN(c3ccc(-c4ccncc4)nn3)CC2)c(C)o1. The zero-order valence-electron chi connectivity index (χ0n) is 15.4. The number of aryl methyl sites for hydroxylation is 2. The topological polar surface area (TPSA) is 75.4 Å². The van der Waals surface area contributed by atoms with E-state index in [1.54, 1.807) is 12.4 Å². The van der Waals surface area contributed by atoms with Gasteiger partial charge in [0, 0.05) is 44.1 Å². The van der Waals surface area contributed by atoms with Crippen molar-refractivity contribution in [3.8, 4) is 11.3 Å². The van der Waals surface area contributed by atoms with E-state index in [1.165, 1.54) is 0 Å². The van der Waals surface area contributed by atoms with Gasteiger partial charge >= 0.3 is 0 Å². The fourth-order valence-electron chi connectivity index (χ4n) is 3.32. The molecule has 0 N–H and O–H groups in total. The fourth-order valence-corrected chi connectivity index (χ4v) is 3.32. The third-order valence-electron chi connectivity index (χ3n) is 4.79. The molecule has 1 amide bonds. The maximum atomic E-state index is 12.7. The first-order valence-electron chi connectivity index (χ1n) is 8.97. The summed E-state index contributed by atoms with van der Waals surface area (Å²) in [5.74, 6) is 2.30. The molecule has 0 aliphatic carbocycles. The molecule has 0 aromatic carbocycles. The number of furan rings is 1. The molecule has 0 atom stereocenters. The van der Waals surface area contributed by atoms with Gasteiger partial charge in [-0.15, -0.1) is 10.2 Å². The number of rotatable bonds is 3. The molecule has 0 unspecified atom stereocenters. The molecule has 1 fully saturated rings. The molecule has 1 aliphatic heterocycles. The van der Waals surface area contributed by atoms with Crippen LogP contribution in [0.1, 0.15) is 21.9 Å². The number of aromatic nitrogens is 3. The van der Waals surface area contributed by atoms with Gasteiger partial charge in [-0.25, -0.2) is 0 Å². The summed E-state index contributed by atoms with van der Waals surface area (Å²) in [5, 5.41) is 8.69. The third-order valence-corrected chi connectivity index (χ3v) is 4.79. The van der Waals surface area contributed by atoms with Crippen LogP contribution in [0.5, 0.6) is 0 Å². The molecule has 3 aromatic heterocycles. The maximum Gasteiger partial charge on any atom is 0.257 e. The number of hydrogen-bond donors (Lipinski definition) is 0. The average Bonchev–Trinajstić information content (AvgIpc) is 3.06. The number of piperazine rings is 1. The summed E-state index contributed by atoms with van der Waals surface area (Å²) in [7, 11) is 0. The minimum absolute atomic E-state index is 0.0307. The van der Waals surface area contributed by atoms with Crippen molar-refractivity contribution in [3.63, 3.8) is 0 Å². The van der Waals surface area contributed by atoms with E-state index in [0.29, 0.717) is 24.4 Å². The summed E-state index contributed by atoms with van der Waals surface area (Å²) < 4.78 is 5.48. The first kappa shape index (κ1) is 17.2. The molecule has 4 rings (SSSR count). The van der Waals surface area contributed by atoms with Gasteiger partial charge < -0.3 is 14.2 Å². The molecule has 1 aliphatic rings. The van der Waals surface area contributed by atoms with Crippen LogP contribution in [0.4, 0.5) is 5.82 Å². The largest absolute Gasteiger partial charge is 0.466 e. The summed E-state index contributed by atoms with van der Waals surface area (Å²) in [6.45, 7) is 6.44. The van der Waals surface area contributed by atoms with Crippen LogP contribution in [0.2, 0.25) is 0 Å². The Morgan fingerprint density at radius 1 is 1.00 bits per heavy atom. The van der Waals surface area contributed by atoms with Crippen molar-refractivity contribution < 1.29 is 9.21 Å². The number of amides is 1. The first-order valence-corrected chi connectivity index (χ1v) is 8.97. The van der Waals surface area contributed by atoms with Crippen LogP contribution in [0, 0.1) is 13.8 Å². The molecule has 27 heavy (non-hydrogen) atoms. The number of pyridine rings is 1. The monoisotopic (exact) mass is 363 g/mol. The lowest BCUT2D eigenvalue weighted by atomic mass is 10.2. The van der Waals surface area contributed by atoms with E-state index in [0.717, 1.165) is 35.9 Å². The number of hydrogen-bond acceptors (Lipinski definition) is 6. The maximum absolute atomic E-state index is 12.7. The number of anilines is 1. The van der Waals surface area contributed by atoms with E-state index >= 15 is 0 Å². The molecule has 4 heterocycles. The standard InChI is InChI=1S/C20H21N5O2/c1-14-13-17(15(2)27-14)20(26)25-11-9-24(10-12-25)19-4-3-18(22-23-19)16-5-7-21-8-6-16/h3-8,13H,9-12H2,1-2H3. The molecule has 1 saturated heterocycles. The Labute approximate surface area is 157 Å². The van der Waals surface area contributed by atoms with E-state index in [1.807, 2.05) is 49.1 Å². The second kappa shape index (κ2) is 7.19. The molecule has 138 valence electrons. The molecule has 7 nitrogen and oxygen atoms in total.